The van der Waals surface area contributed by atoms with Gasteiger partial charge in [-0.05, 0) is 61.1 Å². The number of aromatic nitrogens is 2. The normalized spacial score (nSPS) is 16.7. The quantitative estimate of drug-likeness (QED) is 0.449. The number of pyridine rings is 1. The van der Waals surface area contributed by atoms with Gasteiger partial charge >= 0.3 is 0 Å². The number of rotatable bonds is 10. The Labute approximate surface area is 211 Å². The lowest BCUT2D eigenvalue weighted by molar-refractivity contribution is 0.0841. The van der Waals surface area contributed by atoms with Crippen LogP contribution in [0.1, 0.15) is 57.7 Å². The molecule has 190 valence electrons. The van der Waals surface area contributed by atoms with Gasteiger partial charge in [0.15, 0.2) is 0 Å². The van der Waals surface area contributed by atoms with Gasteiger partial charge in [-0.15, -0.1) is 0 Å². The van der Waals surface area contributed by atoms with E-state index >= 15 is 0 Å². The molecule has 8 heteroatoms. The largest absolute Gasteiger partial charge is 0.489 e. The van der Waals surface area contributed by atoms with Gasteiger partial charge in [-0.1, -0.05) is 30.5 Å². The van der Waals surface area contributed by atoms with Crippen molar-refractivity contribution in [2.24, 2.45) is 5.92 Å². The minimum absolute atomic E-state index is 0.163. The van der Waals surface area contributed by atoms with E-state index in [2.05, 4.69) is 32.5 Å². The van der Waals surface area contributed by atoms with E-state index in [0.717, 1.165) is 48.6 Å². The van der Waals surface area contributed by atoms with Crippen molar-refractivity contribution >= 4 is 5.91 Å². The Morgan fingerprint density at radius 3 is 2.94 bits per heavy atom. The van der Waals surface area contributed by atoms with Crippen LogP contribution in [0, 0.1) is 12.8 Å². The molecule has 2 aromatic heterocycles. The molecule has 0 bridgehead atoms. The van der Waals surface area contributed by atoms with Crippen molar-refractivity contribution in [3.05, 3.63) is 76.4 Å². The Morgan fingerprint density at radius 2 is 2.17 bits per heavy atom. The Hall–Kier alpha value is -3.23. The molecule has 2 N–H and O–H groups in total. The number of fused-ring (bicyclic) bond motifs is 1. The van der Waals surface area contributed by atoms with Gasteiger partial charge in [-0.2, -0.15) is 0 Å². The lowest BCUT2D eigenvalue weighted by atomic mass is 9.82. The zero-order valence-electron chi connectivity index (χ0n) is 20.8. The summed E-state index contributed by atoms with van der Waals surface area (Å²) in [6.45, 7) is 4.67. The maximum Gasteiger partial charge on any atom is 0.251 e. The fraction of sp³-hybridized carbons (Fsp3) is 0.464. The van der Waals surface area contributed by atoms with E-state index in [-0.39, 0.29) is 12.5 Å². The summed E-state index contributed by atoms with van der Waals surface area (Å²) in [4.78, 5) is 19.3. The number of hydrogen-bond donors (Lipinski definition) is 2. The third-order valence-electron chi connectivity index (χ3n) is 7.28. The summed E-state index contributed by atoms with van der Waals surface area (Å²) >= 11 is 0. The maximum absolute atomic E-state index is 12.6. The van der Waals surface area contributed by atoms with E-state index in [9.17, 15) is 9.90 Å². The second kappa shape index (κ2) is 11.2. The average molecular weight is 491 g/mol. The third-order valence-corrected chi connectivity index (χ3v) is 7.28. The van der Waals surface area contributed by atoms with Gasteiger partial charge in [0.1, 0.15) is 18.6 Å². The zero-order chi connectivity index (χ0) is 24.9. The van der Waals surface area contributed by atoms with E-state index in [0.29, 0.717) is 24.6 Å². The Bertz CT molecular complexity index is 1190. The second-order valence-electron chi connectivity index (χ2n) is 10.0. The molecule has 1 amide bonds. The molecule has 1 aliphatic heterocycles. The fourth-order valence-electron chi connectivity index (χ4n) is 4.84. The van der Waals surface area contributed by atoms with Crippen molar-refractivity contribution < 1.29 is 19.2 Å². The number of aliphatic hydroxyl groups is 1. The number of hydrogen-bond acceptors (Lipinski definition) is 7. The van der Waals surface area contributed by atoms with Gasteiger partial charge in [0.05, 0.1) is 17.4 Å². The molecule has 8 nitrogen and oxygen atoms in total. The van der Waals surface area contributed by atoms with Crippen molar-refractivity contribution in [3.8, 4) is 5.75 Å². The molecule has 1 saturated carbocycles. The Morgan fingerprint density at radius 1 is 1.28 bits per heavy atom. The first-order chi connectivity index (χ1) is 17.5. The van der Waals surface area contributed by atoms with Crippen molar-refractivity contribution in [1.29, 1.82) is 0 Å². The number of nitrogens with zero attached hydrogens (tertiary/aromatic N) is 3. The molecular weight excluding hydrogens is 456 g/mol. The summed E-state index contributed by atoms with van der Waals surface area (Å²) in [5, 5.41) is 17.3. The van der Waals surface area contributed by atoms with Crippen LogP contribution >= 0.6 is 0 Å². The van der Waals surface area contributed by atoms with Crippen LogP contribution in [0.3, 0.4) is 0 Å². The molecule has 0 unspecified atom stereocenters. The summed E-state index contributed by atoms with van der Waals surface area (Å²) < 4.78 is 10.9. The molecule has 36 heavy (non-hydrogen) atoms. The van der Waals surface area contributed by atoms with Gasteiger partial charge in [0.2, 0.25) is 0 Å². The number of carbonyl (C=O) groups excluding carboxylic acids is 1. The van der Waals surface area contributed by atoms with E-state index in [4.69, 9.17) is 9.26 Å². The third kappa shape index (κ3) is 6.12. The molecule has 1 aromatic carbocycles. The standard InChI is InChI=1S/C28H34N4O4/c1-19-24(18-36-31-19)17-35-27-6-5-23-15-32(10-8-21(23)13-27)16-26(33)14-30-28(34)22-7-9-29-25(12-22)11-20-3-2-4-20/h5-7,9,12-13,18,20,26,33H,2-4,8,10-11,14-17H2,1H3,(H,30,34)/t26-/m0/s1. The molecule has 3 heterocycles. The van der Waals surface area contributed by atoms with Crippen LogP contribution in [-0.4, -0.2) is 51.8 Å². The highest BCUT2D eigenvalue weighted by Gasteiger charge is 2.21. The van der Waals surface area contributed by atoms with Gasteiger partial charge < -0.3 is 19.7 Å². The molecule has 0 saturated heterocycles. The number of nitrogens with one attached hydrogen (secondary N) is 1. The first kappa shape index (κ1) is 24.5. The summed E-state index contributed by atoms with van der Waals surface area (Å²) in [5.41, 5.74) is 5.87. The van der Waals surface area contributed by atoms with E-state index in [1.165, 1.54) is 30.4 Å². The first-order valence-electron chi connectivity index (χ1n) is 12.8. The van der Waals surface area contributed by atoms with E-state index < -0.39 is 6.10 Å². The fourth-order valence-corrected chi connectivity index (χ4v) is 4.84. The number of benzene rings is 1. The molecule has 1 aliphatic carbocycles. The summed E-state index contributed by atoms with van der Waals surface area (Å²) in [6.07, 6.45) is 8.31. The molecule has 0 radical (unpaired) electrons. The number of aliphatic hydroxyl groups excluding tert-OH is 1. The minimum Gasteiger partial charge on any atom is -0.489 e. The highest BCUT2D eigenvalue weighted by atomic mass is 16.5. The van der Waals surface area contributed by atoms with Crippen molar-refractivity contribution in [1.82, 2.24) is 20.4 Å². The van der Waals surface area contributed by atoms with Crippen molar-refractivity contribution in [2.75, 3.05) is 19.6 Å². The van der Waals surface area contributed by atoms with Gasteiger partial charge in [0, 0.05) is 43.6 Å². The van der Waals surface area contributed by atoms with Crippen LogP contribution < -0.4 is 10.1 Å². The molecule has 3 aromatic rings. The van der Waals surface area contributed by atoms with Crippen LogP contribution in [0.5, 0.6) is 5.75 Å². The summed E-state index contributed by atoms with van der Waals surface area (Å²) in [6, 6.07) is 9.79. The predicted octanol–water partition coefficient (Wildman–Crippen LogP) is 3.45. The molecule has 5 rings (SSSR count). The topological polar surface area (TPSA) is 101 Å². The van der Waals surface area contributed by atoms with Crippen LogP contribution in [0.2, 0.25) is 0 Å². The number of ether oxygens (including phenoxy) is 1. The Balaban J connectivity index is 1.07. The maximum atomic E-state index is 12.6. The van der Waals surface area contributed by atoms with Crippen LogP contribution in [0.4, 0.5) is 0 Å². The lowest BCUT2D eigenvalue weighted by Crippen LogP contribution is -2.42. The first-order valence-corrected chi connectivity index (χ1v) is 12.8. The molecule has 1 atom stereocenters. The summed E-state index contributed by atoms with van der Waals surface area (Å²) in [5.74, 6) is 1.37. The lowest BCUT2D eigenvalue weighted by Gasteiger charge is -2.30. The predicted molar refractivity (Wildman–Crippen MR) is 135 cm³/mol. The number of amides is 1. The summed E-state index contributed by atoms with van der Waals surface area (Å²) in [7, 11) is 0. The zero-order valence-corrected chi connectivity index (χ0v) is 20.8. The van der Waals surface area contributed by atoms with E-state index in [1.54, 1.807) is 18.5 Å². The SMILES string of the molecule is Cc1nocc1COc1ccc2c(c1)CCN(C[C@@H](O)CNC(=O)c1ccnc(CC3CCC3)c1)C2. The van der Waals surface area contributed by atoms with Crippen LogP contribution in [0.25, 0.3) is 0 Å². The molecule has 0 spiro atoms. The monoisotopic (exact) mass is 490 g/mol. The van der Waals surface area contributed by atoms with E-state index in [1.807, 2.05) is 19.1 Å². The molecule has 1 fully saturated rings. The van der Waals surface area contributed by atoms with Crippen LogP contribution in [0.15, 0.2) is 47.3 Å². The smallest absolute Gasteiger partial charge is 0.251 e. The Kier molecular flexibility index (Phi) is 7.63. The minimum atomic E-state index is -0.638. The van der Waals surface area contributed by atoms with Gasteiger partial charge in [0.25, 0.3) is 5.91 Å². The van der Waals surface area contributed by atoms with Gasteiger partial charge in [-0.3, -0.25) is 14.7 Å². The van der Waals surface area contributed by atoms with Crippen LogP contribution in [-0.2, 0) is 26.0 Å². The van der Waals surface area contributed by atoms with Gasteiger partial charge in [-0.25, -0.2) is 0 Å². The van der Waals surface area contributed by atoms with Crippen molar-refractivity contribution in [2.45, 2.75) is 58.3 Å². The highest BCUT2D eigenvalue weighted by Crippen LogP contribution is 2.29. The van der Waals surface area contributed by atoms with Crippen molar-refractivity contribution in [3.63, 3.8) is 0 Å². The number of carbonyl (C=O) groups is 1. The molecule has 2 aliphatic rings. The second-order valence-corrected chi connectivity index (χ2v) is 10.0. The number of aryl methyl sites for hydroxylation is 1. The molecular formula is C28H34N4O4. The number of β-amino-alcohol motifs (C(OH)–C–C–N with tert-alkyl or cyclic N) is 1. The average Bonchev–Trinajstić information content (AvgIpc) is 3.28. The highest BCUT2D eigenvalue weighted by molar-refractivity contribution is 5.94.